The van der Waals surface area contributed by atoms with Crippen molar-refractivity contribution in [1.82, 2.24) is 0 Å². The molecule has 0 fully saturated rings. The molecule has 4 heteroatoms. The monoisotopic (exact) mass is 306 g/mol. The topological polar surface area (TPSA) is 46.5 Å². The van der Waals surface area contributed by atoms with E-state index in [0.29, 0.717) is 6.42 Å². The minimum Gasteiger partial charge on any atom is -0.324 e. The van der Waals surface area contributed by atoms with E-state index < -0.39 is 7.60 Å². The quantitative estimate of drug-likeness (QED) is 0.749. The number of hydrogen-bond acceptors (Lipinski definition) is 2. The molecule has 1 N–H and O–H groups in total. The molecule has 0 aliphatic carbocycles. The highest BCUT2D eigenvalue weighted by Gasteiger charge is 2.22. The molecule has 0 radical (unpaired) electrons. The molecular formula is C17H23O3P. The molecule has 0 bridgehead atoms. The lowest BCUT2D eigenvalue weighted by molar-refractivity contribution is 0.180. The Labute approximate surface area is 126 Å². The van der Waals surface area contributed by atoms with E-state index in [1.54, 1.807) is 0 Å². The van der Waals surface area contributed by atoms with E-state index in [-0.39, 0.29) is 12.3 Å². The van der Waals surface area contributed by atoms with Crippen molar-refractivity contribution in [1.29, 1.82) is 0 Å². The van der Waals surface area contributed by atoms with E-state index in [2.05, 4.69) is 18.2 Å². The molecule has 3 nitrogen and oxygen atoms in total. The highest BCUT2D eigenvalue weighted by Crippen LogP contribution is 2.44. The Morgan fingerprint density at radius 1 is 1.19 bits per heavy atom. The smallest absolute Gasteiger partial charge is 0.324 e. The molecule has 2 rings (SSSR count). The van der Waals surface area contributed by atoms with Gasteiger partial charge in [0, 0.05) is 0 Å². The Kier molecular flexibility index (Phi) is 5.58. The number of fused-ring (bicyclic) bond motifs is 1. The van der Waals surface area contributed by atoms with Gasteiger partial charge in [-0.25, -0.2) is 0 Å². The lowest BCUT2D eigenvalue weighted by Crippen LogP contribution is -2.08. The summed E-state index contributed by atoms with van der Waals surface area (Å²) in [6.45, 7) is 3.89. The van der Waals surface area contributed by atoms with Crippen LogP contribution in [0.2, 0.25) is 0 Å². The number of benzene rings is 2. The summed E-state index contributed by atoms with van der Waals surface area (Å²) in [7, 11) is -3.50. The number of hydrogen-bond donors (Lipinski definition) is 1. The van der Waals surface area contributed by atoms with Gasteiger partial charge in [-0.3, -0.25) is 4.57 Å². The standard InChI is InChI=1S/C17H23O3P/c1-3-6-14(2)20-21(18,19)12-11-15-9-10-16-7-4-5-8-17(16)13-15/h4-5,7-10,13-14H,3,6,11-12H2,1-2H3,(H,18,19). The Hall–Kier alpha value is -1.15. The maximum absolute atomic E-state index is 12.1. The molecule has 2 aromatic rings. The van der Waals surface area contributed by atoms with Crippen molar-refractivity contribution >= 4 is 18.4 Å². The Morgan fingerprint density at radius 2 is 1.90 bits per heavy atom. The first kappa shape index (κ1) is 16.2. The maximum atomic E-state index is 12.1. The first-order chi connectivity index (χ1) is 10.00. The maximum Gasteiger partial charge on any atom is 0.328 e. The van der Waals surface area contributed by atoms with Crippen LogP contribution in [0.5, 0.6) is 0 Å². The molecule has 2 aromatic carbocycles. The highest BCUT2D eigenvalue weighted by molar-refractivity contribution is 7.52. The lowest BCUT2D eigenvalue weighted by Gasteiger charge is -2.17. The summed E-state index contributed by atoms with van der Waals surface area (Å²) in [6.07, 6.45) is 2.31. The van der Waals surface area contributed by atoms with Crippen molar-refractivity contribution in [3.05, 3.63) is 48.0 Å². The molecule has 114 valence electrons. The van der Waals surface area contributed by atoms with Gasteiger partial charge < -0.3 is 9.42 Å². The zero-order valence-corrected chi connectivity index (χ0v) is 13.6. The minimum atomic E-state index is -3.50. The second-order valence-corrected chi connectivity index (χ2v) is 7.43. The molecule has 0 amide bonds. The fourth-order valence-corrected chi connectivity index (χ4v) is 3.77. The Bertz CT molecular complexity index is 639. The largest absolute Gasteiger partial charge is 0.328 e. The van der Waals surface area contributed by atoms with Crippen molar-refractivity contribution in [2.24, 2.45) is 0 Å². The third-order valence-electron chi connectivity index (χ3n) is 3.54. The molecule has 0 heterocycles. The van der Waals surface area contributed by atoms with Crippen molar-refractivity contribution in [3.63, 3.8) is 0 Å². The summed E-state index contributed by atoms with van der Waals surface area (Å²) in [5, 5.41) is 2.34. The van der Waals surface area contributed by atoms with Crippen LogP contribution in [0.3, 0.4) is 0 Å². The summed E-state index contributed by atoms with van der Waals surface area (Å²) in [4.78, 5) is 9.92. The average Bonchev–Trinajstić information content (AvgIpc) is 2.45. The first-order valence-electron chi connectivity index (χ1n) is 7.48. The van der Waals surface area contributed by atoms with Gasteiger partial charge in [0.2, 0.25) is 0 Å². The fraction of sp³-hybridized carbons (Fsp3) is 0.412. The lowest BCUT2D eigenvalue weighted by atomic mass is 10.1. The van der Waals surface area contributed by atoms with E-state index in [1.807, 2.05) is 38.1 Å². The molecular weight excluding hydrogens is 283 g/mol. The molecule has 0 aromatic heterocycles. The number of rotatable bonds is 7. The Morgan fingerprint density at radius 3 is 2.62 bits per heavy atom. The van der Waals surface area contributed by atoms with E-state index in [1.165, 1.54) is 5.39 Å². The Balaban J connectivity index is 1.98. The zero-order valence-electron chi connectivity index (χ0n) is 12.7. The number of aryl methyl sites for hydroxylation is 1. The zero-order chi connectivity index (χ0) is 15.3. The highest BCUT2D eigenvalue weighted by atomic mass is 31.2. The SMILES string of the molecule is CCCC(C)OP(=O)(O)CCc1ccc2ccccc2c1. The van der Waals surface area contributed by atoms with Crippen molar-refractivity contribution in [2.75, 3.05) is 6.16 Å². The van der Waals surface area contributed by atoms with Crippen LogP contribution >= 0.6 is 7.60 Å². The molecule has 0 aliphatic heterocycles. The van der Waals surface area contributed by atoms with Crippen LogP contribution in [0, 0.1) is 0 Å². The third kappa shape index (κ3) is 4.96. The first-order valence-corrected chi connectivity index (χ1v) is 9.24. The van der Waals surface area contributed by atoms with Crippen LogP contribution in [0.1, 0.15) is 32.3 Å². The van der Waals surface area contributed by atoms with Gasteiger partial charge in [-0.05, 0) is 36.1 Å². The van der Waals surface area contributed by atoms with Gasteiger partial charge in [0.15, 0.2) is 0 Å². The van der Waals surface area contributed by atoms with E-state index in [4.69, 9.17) is 4.52 Å². The molecule has 0 aliphatic rings. The van der Waals surface area contributed by atoms with E-state index in [9.17, 15) is 9.46 Å². The van der Waals surface area contributed by atoms with E-state index in [0.717, 1.165) is 23.8 Å². The summed E-state index contributed by atoms with van der Waals surface area (Å²) in [5.74, 6) is 0. The second-order valence-electron chi connectivity index (χ2n) is 5.50. The van der Waals surface area contributed by atoms with Crippen molar-refractivity contribution in [3.8, 4) is 0 Å². The summed E-state index contributed by atoms with van der Waals surface area (Å²) in [5.41, 5.74) is 1.06. The van der Waals surface area contributed by atoms with Gasteiger partial charge in [0.25, 0.3) is 0 Å². The molecule has 2 atom stereocenters. The van der Waals surface area contributed by atoms with Gasteiger partial charge in [-0.15, -0.1) is 0 Å². The molecule has 21 heavy (non-hydrogen) atoms. The third-order valence-corrected chi connectivity index (χ3v) is 5.01. The molecule has 0 spiro atoms. The molecule has 2 unspecified atom stereocenters. The van der Waals surface area contributed by atoms with Gasteiger partial charge in [-0.2, -0.15) is 0 Å². The normalized spacial score (nSPS) is 15.8. The molecule has 0 saturated carbocycles. The van der Waals surface area contributed by atoms with Gasteiger partial charge in [-0.1, -0.05) is 55.8 Å². The average molecular weight is 306 g/mol. The summed E-state index contributed by atoms with van der Waals surface area (Å²) < 4.78 is 17.4. The van der Waals surface area contributed by atoms with Gasteiger partial charge in [0.05, 0.1) is 12.3 Å². The van der Waals surface area contributed by atoms with Crippen molar-refractivity contribution in [2.45, 2.75) is 39.2 Å². The predicted molar refractivity (Wildman–Crippen MR) is 87.8 cm³/mol. The summed E-state index contributed by atoms with van der Waals surface area (Å²) in [6, 6.07) is 14.3. The predicted octanol–water partition coefficient (Wildman–Crippen LogP) is 4.77. The van der Waals surface area contributed by atoms with Crippen LogP contribution in [-0.2, 0) is 15.5 Å². The van der Waals surface area contributed by atoms with E-state index >= 15 is 0 Å². The fourth-order valence-electron chi connectivity index (χ4n) is 2.46. The van der Waals surface area contributed by atoms with Crippen LogP contribution in [0.25, 0.3) is 10.8 Å². The minimum absolute atomic E-state index is 0.164. The van der Waals surface area contributed by atoms with Crippen LogP contribution in [0.15, 0.2) is 42.5 Å². The van der Waals surface area contributed by atoms with Crippen molar-refractivity contribution < 1.29 is 14.0 Å². The van der Waals surface area contributed by atoms with Crippen LogP contribution < -0.4 is 0 Å². The molecule has 0 saturated heterocycles. The van der Waals surface area contributed by atoms with Gasteiger partial charge >= 0.3 is 7.60 Å². The second kappa shape index (κ2) is 7.22. The van der Waals surface area contributed by atoms with Crippen LogP contribution in [0.4, 0.5) is 0 Å². The van der Waals surface area contributed by atoms with Gasteiger partial charge in [0.1, 0.15) is 0 Å². The summed E-state index contributed by atoms with van der Waals surface area (Å²) >= 11 is 0. The van der Waals surface area contributed by atoms with Crippen LogP contribution in [-0.4, -0.2) is 17.2 Å².